The molecule has 3 aromatic rings. The predicted molar refractivity (Wildman–Crippen MR) is 142 cm³/mol. The van der Waals surface area contributed by atoms with Crippen molar-refractivity contribution in [2.24, 2.45) is 0 Å². The van der Waals surface area contributed by atoms with Crippen molar-refractivity contribution in [1.82, 2.24) is 9.97 Å². The molecule has 0 unspecified atom stereocenters. The zero-order valence-corrected chi connectivity index (χ0v) is 21.9. The van der Waals surface area contributed by atoms with E-state index in [0.717, 1.165) is 16.9 Å². The molecule has 2 heterocycles. The van der Waals surface area contributed by atoms with Crippen LogP contribution in [0.15, 0.2) is 48.7 Å². The molecule has 1 aliphatic heterocycles. The number of hydrogen-bond donors (Lipinski definition) is 2. The third-order valence-corrected chi connectivity index (χ3v) is 6.77. The molecule has 0 aliphatic carbocycles. The monoisotopic (exact) mass is 488 g/mol. The highest BCUT2D eigenvalue weighted by Gasteiger charge is 2.52. The fourth-order valence-corrected chi connectivity index (χ4v) is 3.80. The van der Waals surface area contributed by atoms with Crippen molar-refractivity contribution in [1.29, 1.82) is 0 Å². The van der Waals surface area contributed by atoms with Gasteiger partial charge in [-0.15, -0.1) is 0 Å². The Balaban J connectivity index is 1.55. The van der Waals surface area contributed by atoms with E-state index in [9.17, 15) is 4.79 Å². The van der Waals surface area contributed by atoms with Gasteiger partial charge in [0, 0.05) is 24.0 Å². The zero-order chi connectivity index (χ0) is 26.1. The van der Waals surface area contributed by atoms with Gasteiger partial charge in [-0.25, -0.2) is 9.78 Å². The summed E-state index contributed by atoms with van der Waals surface area (Å²) in [5.41, 5.74) is 3.86. The molecular formula is C27H33BN4O4. The molecular weight excluding hydrogens is 455 g/mol. The lowest BCUT2D eigenvalue weighted by Gasteiger charge is -2.32. The van der Waals surface area contributed by atoms with Crippen LogP contribution in [0.25, 0.3) is 0 Å². The zero-order valence-electron chi connectivity index (χ0n) is 21.9. The van der Waals surface area contributed by atoms with Crippen LogP contribution in [0.2, 0.25) is 0 Å². The summed E-state index contributed by atoms with van der Waals surface area (Å²) in [6.07, 6.45) is 1.76. The Labute approximate surface area is 212 Å². The molecule has 1 aliphatic rings. The van der Waals surface area contributed by atoms with E-state index in [0.29, 0.717) is 29.2 Å². The Kier molecular flexibility index (Phi) is 7.06. The summed E-state index contributed by atoms with van der Waals surface area (Å²) in [7, 11) is 0.664. The SMILES string of the molecule is COC(=O)c1cc(Nc2ncc(C)c(NCc3ccc(C)cc3)n2)ccc1B1OC(C)(C)C(C)(C)O1. The van der Waals surface area contributed by atoms with Crippen molar-refractivity contribution in [2.75, 3.05) is 17.7 Å². The number of hydrogen-bond acceptors (Lipinski definition) is 8. The van der Waals surface area contributed by atoms with Crippen molar-refractivity contribution in [3.05, 3.63) is 70.9 Å². The number of benzene rings is 2. The van der Waals surface area contributed by atoms with E-state index in [1.54, 1.807) is 12.3 Å². The van der Waals surface area contributed by atoms with Crippen LogP contribution in [0, 0.1) is 13.8 Å². The summed E-state index contributed by atoms with van der Waals surface area (Å²) < 4.78 is 17.4. The number of rotatable bonds is 7. The van der Waals surface area contributed by atoms with Crippen LogP contribution in [-0.4, -0.2) is 41.4 Å². The van der Waals surface area contributed by atoms with Gasteiger partial charge in [0.1, 0.15) is 5.82 Å². The number of nitrogens with zero attached hydrogens (tertiary/aromatic N) is 2. The van der Waals surface area contributed by atoms with Gasteiger partial charge in [-0.2, -0.15) is 4.98 Å². The standard InChI is InChI=1S/C27H33BN4O4/c1-17-8-10-19(11-9-17)16-29-23-18(2)15-30-25(32-23)31-20-12-13-22(21(14-20)24(33)34-7)28-35-26(3,4)27(5,6)36-28/h8-15H,16H2,1-7H3,(H2,29,30,31,32). The number of ether oxygens (including phenoxy) is 1. The van der Waals surface area contributed by atoms with Gasteiger partial charge in [0.05, 0.1) is 23.9 Å². The Morgan fingerprint density at radius 2 is 1.69 bits per heavy atom. The third-order valence-electron chi connectivity index (χ3n) is 6.77. The molecule has 9 heteroatoms. The van der Waals surface area contributed by atoms with Gasteiger partial charge in [0.2, 0.25) is 5.95 Å². The lowest BCUT2D eigenvalue weighted by Crippen LogP contribution is -2.41. The molecule has 0 spiro atoms. The van der Waals surface area contributed by atoms with Gasteiger partial charge >= 0.3 is 13.1 Å². The van der Waals surface area contributed by atoms with Gasteiger partial charge in [-0.1, -0.05) is 35.9 Å². The Morgan fingerprint density at radius 3 is 2.33 bits per heavy atom. The number of carbonyl (C=O) groups is 1. The number of anilines is 3. The average molecular weight is 488 g/mol. The van der Waals surface area contributed by atoms with Crippen molar-refractivity contribution in [2.45, 2.75) is 59.3 Å². The van der Waals surface area contributed by atoms with Crippen LogP contribution in [0.1, 0.15) is 54.7 Å². The molecule has 2 aromatic carbocycles. The lowest BCUT2D eigenvalue weighted by molar-refractivity contribution is 0.00578. The van der Waals surface area contributed by atoms with E-state index in [4.69, 9.17) is 14.0 Å². The molecule has 36 heavy (non-hydrogen) atoms. The number of aromatic nitrogens is 2. The molecule has 8 nitrogen and oxygen atoms in total. The second-order valence-corrected chi connectivity index (χ2v) is 10.1. The first-order valence-electron chi connectivity index (χ1n) is 12.0. The maximum atomic E-state index is 12.7. The minimum Gasteiger partial charge on any atom is -0.465 e. The van der Waals surface area contributed by atoms with Gasteiger partial charge in [0.25, 0.3) is 0 Å². The van der Waals surface area contributed by atoms with E-state index in [-0.39, 0.29) is 0 Å². The molecule has 0 bridgehead atoms. The van der Waals surface area contributed by atoms with Crippen LogP contribution in [-0.2, 0) is 20.6 Å². The lowest BCUT2D eigenvalue weighted by atomic mass is 9.75. The molecule has 0 saturated carbocycles. The molecule has 188 valence electrons. The van der Waals surface area contributed by atoms with Crippen LogP contribution in [0.5, 0.6) is 0 Å². The first-order valence-corrected chi connectivity index (χ1v) is 12.0. The molecule has 1 aromatic heterocycles. The summed E-state index contributed by atoms with van der Waals surface area (Å²) in [5.74, 6) is 0.662. The molecule has 4 rings (SSSR count). The summed E-state index contributed by atoms with van der Waals surface area (Å²) >= 11 is 0. The summed E-state index contributed by atoms with van der Waals surface area (Å²) in [5, 5.41) is 6.57. The smallest absolute Gasteiger partial charge is 0.465 e. The highest BCUT2D eigenvalue weighted by molar-refractivity contribution is 6.63. The average Bonchev–Trinajstić information content (AvgIpc) is 3.06. The van der Waals surface area contributed by atoms with Crippen LogP contribution >= 0.6 is 0 Å². The maximum absolute atomic E-state index is 12.7. The minimum atomic E-state index is -0.689. The van der Waals surface area contributed by atoms with Gasteiger partial charge in [-0.3, -0.25) is 0 Å². The van der Waals surface area contributed by atoms with E-state index >= 15 is 0 Å². The number of aryl methyl sites for hydroxylation is 2. The Hall–Kier alpha value is -3.43. The normalized spacial score (nSPS) is 16.0. The van der Waals surface area contributed by atoms with Crippen LogP contribution in [0.3, 0.4) is 0 Å². The van der Waals surface area contributed by atoms with Crippen molar-refractivity contribution in [3.63, 3.8) is 0 Å². The fourth-order valence-electron chi connectivity index (χ4n) is 3.80. The fraction of sp³-hybridized carbons (Fsp3) is 0.370. The Bertz CT molecular complexity index is 1250. The molecule has 1 saturated heterocycles. The highest BCUT2D eigenvalue weighted by Crippen LogP contribution is 2.37. The van der Waals surface area contributed by atoms with Gasteiger partial charge < -0.3 is 24.7 Å². The van der Waals surface area contributed by atoms with Crippen molar-refractivity contribution in [3.8, 4) is 0 Å². The third kappa shape index (κ3) is 5.37. The highest BCUT2D eigenvalue weighted by atomic mass is 16.7. The maximum Gasteiger partial charge on any atom is 0.495 e. The van der Waals surface area contributed by atoms with E-state index < -0.39 is 24.3 Å². The first-order chi connectivity index (χ1) is 17.0. The molecule has 2 N–H and O–H groups in total. The largest absolute Gasteiger partial charge is 0.495 e. The second kappa shape index (κ2) is 9.91. The van der Waals surface area contributed by atoms with Crippen LogP contribution in [0.4, 0.5) is 17.5 Å². The van der Waals surface area contributed by atoms with Crippen LogP contribution < -0.4 is 16.1 Å². The van der Waals surface area contributed by atoms with Crippen molar-refractivity contribution < 1.29 is 18.8 Å². The summed E-state index contributed by atoms with van der Waals surface area (Å²) in [6, 6.07) is 13.7. The minimum absolute atomic E-state index is 0.353. The predicted octanol–water partition coefficient (Wildman–Crippen LogP) is 4.53. The van der Waals surface area contributed by atoms with Gasteiger partial charge in [-0.05, 0) is 64.7 Å². The first kappa shape index (κ1) is 25.7. The number of nitrogens with one attached hydrogen (secondary N) is 2. The topological polar surface area (TPSA) is 94.6 Å². The summed E-state index contributed by atoms with van der Waals surface area (Å²) in [4.78, 5) is 21.7. The number of carbonyl (C=O) groups excluding carboxylic acids is 1. The number of esters is 1. The van der Waals surface area contributed by atoms with E-state index in [1.807, 2.05) is 46.8 Å². The molecule has 0 amide bonds. The summed E-state index contributed by atoms with van der Waals surface area (Å²) in [6.45, 7) is 12.6. The Morgan fingerprint density at radius 1 is 1.03 bits per heavy atom. The number of methoxy groups -OCH3 is 1. The van der Waals surface area contributed by atoms with E-state index in [2.05, 4.69) is 51.8 Å². The quantitative estimate of drug-likeness (QED) is 0.370. The molecule has 0 radical (unpaired) electrons. The molecule has 0 atom stereocenters. The van der Waals surface area contributed by atoms with E-state index in [1.165, 1.54) is 12.7 Å². The second-order valence-electron chi connectivity index (χ2n) is 10.1. The van der Waals surface area contributed by atoms with Gasteiger partial charge in [0.15, 0.2) is 0 Å². The molecule has 1 fully saturated rings. The van der Waals surface area contributed by atoms with Crippen molar-refractivity contribution >= 4 is 36.0 Å².